The average Bonchev–Trinajstić information content (AvgIpc) is 2.70. The third kappa shape index (κ3) is 8.46. The van der Waals surface area contributed by atoms with Gasteiger partial charge in [-0.15, -0.1) is 0 Å². The van der Waals surface area contributed by atoms with E-state index in [9.17, 15) is 9.59 Å². The fraction of sp³-hybridized carbons (Fsp3) is 0.636. The number of amides is 1. The van der Waals surface area contributed by atoms with Crippen molar-refractivity contribution < 1.29 is 19.1 Å². The zero-order chi connectivity index (χ0) is 19.3. The molecule has 1 heterocycles. The fourth-order valence-corrected chi connectivity index (χ4v) is 3.50. The molecule has 27 heavy (non-hydrogen) atoms. The molecule has 0 aromatic heterocycles. The van der Waals surface area contributed by atoms with Crippen LogP contribution >= 0.6 is 0 Å². The number of hydrogen-bond donors (Lipinski definition) is 0. The van der Waals surface area contributed by atoms with Crippen molar-refractivity contribution in [2.75, 3.05) is 19.7 Å². The largest absolute Gasteiger partial charge is 0.466 e. The number of esters is 1. The Labute approximate surface area is 163 Å². The molecule has 1 amide bonds. The highest BCUT2D eigenvalue weighted by molar-refractivity contribution is 5.69. The highest BCUT2D eigenvalue weighted by Crippen LogP contribution is 2.24. The van der Waals surface area contributed by atoms with Crippen molar-refractivity contribution in [2.24, 2.45) is 5.92 Å². The van der Waals surface area contributed by atoms with Crippen LogP contribution in [0.5, 0.6) is 0 Å². The Morgan fingerprint density at radius 2 is 1.70 bits per heavy atom. The Kier molecular flexibility index (Phi) is 9.74. The Bertz CT molecular complexity index is 553. The van der Waals surface area contributed by atoms with Gasteiger partial charge in [0.1, 0.15) is 6.61 Å². The van der Waals surface area contributed by atoms with Crippen LogP contribution < -0.4 is 0 Å². The van der Waals surface area contributed by atoms with Crippen molar-refractivity contribution >= 4 is 12.1 Å². The predicted octanol–water partition coefficient (Wildman–Crippen LogP) is 4.94. The van der Waals surface area contributed by atoms with E-state index < -0.39 is 0 Å². The van der Waals surface area contributed by atoms with Crippen molar-refractivity contribution in [3.63, 3.8) is 0 Å². The van der Waals surface area contributed by atoms with Gasteiger partial charge in [-0.1, -0.05) is 56.0 Å². The molecule has 0 bridgehead atoms. The van der Waals surface area contributed by atoms with Gasteiger partial charge in [0.05, 0.1) is 6.61 Å². The summed E-state index contributed by atoms with van der Waals surface area (Å²) >= 11 is 0. The van der Waals surface area contributed by atoms with Crippen LogP contribution in [0.25, 0.3) is 0 Å². The molecule has 5 nitrogen and oxygen atoms in total. The summed E-state index contributed by atoms with van der Waals surface area (Å²) in [5.41, 5.74) is 1.02. The Morgan fingerprint density at radius 1 is 1.00 bits per heavy atom. The number of piperidine rings is 1. The molecule has 5 heteroatoms. The van der Waals surface area contributed by atoms with Crippen LogP contribution in [0.15, 0.2) is 30.3 Å². The van der Waals surface area contributed by atoms with Crippen LogP contribution in [-0.4, -0.2) is 36.7 Å². The first-order valence-electron chi connectivity index (χ1n) is 10.3. The van der Waals surface area contributed by atoms with Crippen LogP contribution in [-0.2, 0) is 20.9 Å². The topological polar surface area (TPSA) is 55.8 Å². The molecule has 1 aromatic rings. The SMILES string of the molecule is CCOC(=O)CCCCCCC1CCN(C(=O)OCc2ccccc2)CC1. The second-order valence-electron chi connectivity index (χ2n) is 7.23. The molecule has 0 aliphatic carbocycles. The van der Waals surface area contributed by atoms with Crippen molar-refractivity contribution in [1.82, 2.24) is 4.90 Å². The third-order valence-corrected chi connectivity index (χ3v) is 5.13. The van der Waals surface area contributed by atoms with Gasteiger partial charge in [-0.25, -0.2) is 4.79 Å². The second kappa shape index (κ2) is 12.4. The standard InChI is InChI=1S/C22H33NO4/c1-2-26-21(24)13-9-4-3-6-10-19-14-16-23(17-15-19)22(25)27-18-20-11-7-5-8-12-20/h5,7-8,11-12,19H,2-4,6,9-10,13-18H2,1H3. The molecule has 1 aliphatic heterocycles. The summed E-state index contributed by atoms with van der Waals surface area (Å²) in [7, 11) is 0. The Hall–Kier alpha value is -2.04. The number of hydrogen-bond acceptors (Lipinski definition) is 4. The lowest BCUT2D eigenvalue weighted by atomic mass is 9.91. The smallest absolute Gasteiger partial charge is 0.410 e. The summed E-state index contributed by atoms with van der Waals surface area (Å²) in [6, 6.07) is 9.78. The van der Waals surface area contributed by atoms with Gasteiger partial charge in [-0.05, 0) is 37.7 Å². The number of carbonyl (C=O) groups excluding carboxylic acids is 2. The van der Waals surface area contributed by atoms with E-state index in [1.807, 2.05) is 42.2 Å². The molecule has 0 atom stereocenters. The molecule has 150 valence electrons. The summed E-state index contributed by atoms with van der Waals surface area (Å²) in [5, 5.41) is 0. The molecule has 0 saturated carbocycles. The molecular weight excluding hydrogens is 342 g/mol. The van der Waals surface area contributed by atoms with E-state index in [2.05, 4.69) is 0 Å². The molecule has 2 rings (SSSR count). The summed E-state index contributed by atoms with van der Waals surface area (Å²) in [6.07, 6.45) is 8.05. The molecule has 1 aromatic carbocycles. The lowest BCUT2D eigenvalue weighted by Crippen LogP contribution is -2.38. The molecule has 0 radical (unpaired) electrons. The molecule has 1 fully saturated rings. The minimum Gasteiger partial charge on any atom is -0.466 e. The normalized spacial score (nSPS) is 14.8. The fourth-order valence-electron chi connectivity index (χ4n) is 3.50. The predicted molar refractivity (Wildman–Crippen MR) is 105 cm³/mol. The monoisotopic (exact) mass is 375 g/mol. The van der Waals surface area contributed by atoms with Gasteiger partial charge in [-0.2, -0.15) is 0 Å². The number of likely N-dealkylation sites (tertiary alicyclic amines) is 1. The molecule has 1 saturated heterocycles. The minimum absolute atomic E-state index is 0.0796. The zero-order valence-electron chi connectivity index (χ0n) is 16.5. The molecule has 1 aliphatic rings. The molecule has 0 N–H and O–H groups in total. The number of nitrogens with zero attached hydrogens (tertiary/aromatic N) is 1. The highest BCUT2D eigenvalue weighted by Gasteiger charge is 2.23. The summed E-state index contributed by atoms with van der Waals surface area (Å²) in [5.74, 6) is 0.622. The van der Waals surface area contributed by atoms with Crippen LogP contribution in [0.2, 0.25) is 0 Å². The maximum absolute atomic E-state index is 12.2. The molecule has 0 unspecified atom stereocenters. The number of carbonyl (C=O) groups is 2. The van der Waals surface area contributed by atoms with E-state index in [-0.39, 0.29) is 12.1 Å². The van der Waals surface area contributed by atoms with Gasteiger partial charge >= 0.3 is 12.1 Å². The number of benzene rings is 1. The van der Waals surface area contributed by atoms with Crippen LogP contribution in [0.1, 0.15) is 63.9 Å². The number of rotatable bonds is 10. The van der Waals surface area contributed by atoms with Crippen LogP contribution in [0.3, 0.4) is 0 Å². The van der Waals surface area contributed by atoms with Gasteiger partial charge < -0.3 is 14.4 Å². The number of ether oxygens (including phenoxy) is 2. The lowest BCUT2D eigenvalue weighted by Gasteiger charge is -2.31. The van der Waals surface area contributed by atoms with E-state index in [1.165, 1.54) is 19.3 Å². The van der Waals surface area contributed by atoms with Crippen LogP contribution in [0, 0.1) is 5.92 Å². The Balaban J connectivity index is 1.51. The Morgan fingerprint density at radius 3 is 2.41 bits per heavy atom. The first kappa shape index (κ1) is 21.3. The third-order valence-electron chi connectivity index (χ3n) is 5.13. The first-order chi connectivity index (χ1) is 13.2. The van der Waals surface area contributed by atoms with Crippen molar-refractivity contribution in [2.45, 2.75) is 64.9 Å². The van der Waals surface area contributed by atoms with E-state index in [0.717, 1.165) is 44.3 Å². The van der Waals surface area contributed by atoms with Crippen molar-refractivity contribution in [3.8, 4) is 0 Å². The van der Waals surface area contributed by atoms with Crippen molar-refractivity contribution in [1.29, 1.82) is 0 Å². The zero-order valence-corrected chi connectivity index (χ0v) is 16.5. The summed E-state index contributed by atoms with van der Waals surface area (Å²) in [6.45, 7) is 4.23. The second-order valence-corrected chi connectivity index (χ2v) is 7.23. The maximum atomic E-state index is 12.2. The van der Waals surface area contributed by atoms with Gasteiger partial charge in [0.2, 0.25) is 0 Å². The van der Waals surface area contributed by atoms with E-state index in [4.69, 9.17) is 9.47 Å². The van der Waals surface area contributed by atoms with Gasteiger partial charge in [-0.3, -0.25) is 4.79 Å². The van der Waals surface area contributed by atoms with Gasteiger partial charge in [0.25, 0.3) is 0 Å². The number of unbranched alkanes of at least 4 members (excludes halogenated alkanes) is 3. The molecule has 0 spiro atoms. The van der Waals surface area contributed by atoms with E-state index in [1.54, 1.807) is 0 Å². The van der Waals surface area contributed by atoms with Gasteiger partial charge in [0, 0.05) is 19.5 Å². The van der Waals surface area contributed by atoms with Crippen molar-refractivity contribution in [3.05, 3.63) is 35.9 Å². The quantitative estimate of drug-likeness (QED) is 0.429. The highest BCUT2D eigenvalue weighted by atomic mass is 16.6. The lowest BCUT2D eigenvalue weighted by molar-refractivity contribution is -0.143. The van der Waals surface area contributed by atoms with Crippen LogP contribution in [0.4, 0.5) is 4.79 Å². The summed E-state index contributed by atoms with van der Waals surface area (Å²) < 4.78 is 10.3. The summed E-state index contributed by atoms with van der Waals surface area (Å²) in [4.78, 5) is 25.3. The van der Waals surface area contributed by atoms with Gasteiger partial charge in [0.15, 0.2) is 0 Å². The molecular formula is C22H33NO4. The van der Waals surface area contributed by atoms with E-state index in [0.29, 0.717) is 25.6 Å². The van der Waals surface area contributed by atoms with E-state index >= 15 is 0 Å². The average molecular weight is 376 g/mol. The first-order valence-corrected chi connectivity index (χ1v) is 10.3. The minimum atomic E-state index is -0.198. The maximum Gasteiger partial charge on any atom is 0.410 e.